The molecule has 0 saturated carbocycles. The molecule has 1 unspecified atom stereocenters. The molecule has 1 aromatic heterocycles. The second kappa shape index (κ2) is 7.01. The monoisotopic (exact) mass is 281 g/mol. The highest BCUT2D eigenvalue weighted by Gasteiger charge is 2.17. The van der Waals surface area contributed by atoms with Gasteiger partial charge < -0.3 is 10.2 Å². The summed E-state index contributed by atoms with van der Waals surface area (Å²) in [5.74, 6) is 0.920. The third kappa shape index (κ3) is 4.28. The molecule has 0 spiro atoms. The predicted octanol–water partition coefficient (Wildman–Crippen LogP) is 2.05. The fourth-order valence-electron chi connectivity index (χ4n) is 2.35. The number of hydrogen-bond donors (Lipinski definition) is 1. The fourth-order valence-corrected chi connectivity index (χ4v) is 3.27. The average Bonchev–Trinajstić information content (AvgIpc) is 3.06. The van der Waals surface area contributed by atoms with Gasteiger partial charge in [0.1, 0.15) is 5.01 Å². The summed E-state index contributed by atoms with van der Waals surface area (Å²) in [6.45, 7) is 4.95. The number of carbonyl (C=O) groups excluding carboxylic acids is 1. The third-order valence-corrected chi connectivity index (χ3v) is 4.80. The summed E-state index contributed by atoms with van der Waals surface area (Å²) in [6, 6.07) is 0. The largest absolute Gasteiger partial charge is 0.339 e. The van der Waals surface area contributed by atoms with Gasteiger partial charge in [-0.1, -0.05) is 6.92 Å². The Morgan fingerprint density at radius 2 is 2.47 bits per heavy atom. The van der Waals surface area contributed by atoms with E-state index in [4.69, 9.17) is 0 Å². The normalized spacial score (nSPS) is 18.7. The molecule has 1 fully saturated rings. The van der Waals surface area contributed by atoms with Gasteiger partial charge in [0.05, 0.1) is 6.54 Å². The van der Waals surface area contributed by atoms with Crippen molar-refractivity contribution in [3.8, 4) is 0 Å². The van der Waals surface area contributed by atoms with Crippen LogP contribution >= 0.6 is 11.3 Å². The number of nitrogens with one attached hydrogen (secondary N) is 1. The quantitative estimate of drug-likeness (QED) is 0.868. The number of carbonyl (C=O) groups is 1. The first-order valence-electron chi connectivity index (χ1n) is 7.07. The first-order chi connectivity index (χ1) is 9.19. The number of rotatable bonds is 6. The standard InChI is InChI=1S/C14H23N3OS/c1-3-12-9-16-13(19-12)10-17(2)14(18)5-4-11-6-7-15-8-11/h9,11,15H,3-8,10H2,1-2H3. The van der Waals surface area contributed by atoms with E-state index in [0.29, 0.717) is 18.9 Å². The summed E-state index contributed by atoms with van der Waals surface area (Å²) in [4.78, 5) is 19.5. The molecule has 0 bridgehead atoms. The minimum Gasteiger partial charge on any atom is -0.339 e. The SMILES string of the molecule is CCc1cnc(CN(C)C(=O)CCC2CCNC2)s1. The zero-order chi connectivity index (χ0) is 13.7. The lowest BCUT2D eigenvalue weighted by Crippen LogP contribution is -2.26. The van der Waals surface area contributed by atoms with Crippen LogP contribution in [0.15, 0.2) is 6.20 Å². The van der Waals surface area contributed by atoms with E-state index in [1.807, 2.05) is 13.2 Å². The predicted molar refractivity (Wildman–Crippen MR) is 78.2 cm³/mol. The zero-order valence-corrected chi connectivity index (χ0v) is 12.6. The van der Waals surface area contributed by atoms with E-state index in [9.17, 15) is 4.79 Å². The molecule has 5 heteroatoms. The van der Waals surface area contributed by atoms with Gasteiger partial charge >= 0.3 is 0 Å². The van der Waals surface area contributed by atoms with Crippen LogP contribution in [0.1, 0.15) is 36.1 Å². The lowest BCUT2D eigenvalue weighted by Gasteiger charge is -2.16. The van der Waals surface area contributed by atoms with E-state index in [0.717, 1.165) is 30.9 Å². The van der Waals surface area contributed by atoms with Crippen molar-refractivity contribution < 1.29 is 4.79 Å². The second-order valence-corrected chi connectivity index (χ2v) is 6.42. The van der Waals surface area contributed by atoms with Crippen LogP contribution in [0.4, 0.5) is 0 Å². The van der Waals surface area contributed by atoms with Gasteiger partial charge in [0.2, 0.25) is 5.91 Å². The number of amides is 1. The van der Waals surface area contributed by atoms with Gasteiger partial charge in [-0.15, -0.1) is 11.3 Å². The Kier molecular flexibility index (Phi) is 5.34. The molecular weight excluding hydrogens is 258 g/mol. The lowest BCUT2D eigenvalue weighted by atomic mass is 10.0. The zero-order valence-electron chi connectivity index (χ0n) is 11.8. The Labute approximate surface area is 119 Å². The van der Waals surface area contributed by atoms with Gasteiger partial charge in [-0.25, -0.2) is 4.98 Å². The number of hydrogen-bond acceptors (Lipinski definition) is 4. The summed E-state index contributed by atoms with van der Waals surface area (Å²) >= 11 is 1.71. The summed E-state index contributed by atoms with van der Waals surface area (Å²) in [7, 11) is 1.88. The highest BCUT2D eigenvalue weighted by molar-refractivity contribution is 7.11. The number of aromatic nitrogens is 1. The lowest BCUT2D eigenvalue weighted by molar-refractivity contribution is -0.130. The minimum atomic E-state index is 0.236. The molecule has 0 radical (unpaired) electrons. The minimum absolute atomic E-state index is 0.236. The second-order valence-electron chi connectivity index (χ2n) is 5.22. The third-order valence-electron chi connectivity index (χ3n) is 3.68. The van der Waals surface area contributed by atoms with Gasteiger partial charge in [-0.3, -0.25) is 4.79 Å². The maximum Gasteiger partial charge on any atom is 0.222 e. The van der Waals surface area contributed by atoms with Gasteiger partial charge in [0, 0.05) is 24.5 Å². The van der Waals surface area contributed by atoms with Crippen LogP contribution in [-0.4, -0.2) is 35.9 Å². The van der Waals surface area contributed by atoms with Crippen molar-refractivity contribution in [2.45, 2.75) is 39.2 Å². The molecule has 1 saturated heterocycles. The summed E-state index contributed by atoms with van der Waals surface area (Å²) in [5, 5.41) is 4.38. The molecule has 2 heterocycles. The highest BCUT2D eigenvalue weighted by Crippen LogP contribution is 2.17. The topological polar surface area (TPSA) is 45.2 Å². The molecule has 2 rings (SSSR count). The summed E-state index contributed by atoms with van der Waals surface area (Å²) in [5.41, 5.74) is 0. The van der Waals surface area contributed by atoms with Gasteiger partial charge in [0.15, 0.2) is 0 Å². The molecule has 1 N–H and O–H groups in total. The van der Waals surface area contributed by atoms with Crippen LogP contribution in [0.25, 0.3) is 0 Å². The molecule has 1 amide bonds. The van der Waals surface area contributed by atoms with Crippen LogP contribution in [0.2, 0.25) is 0 Å². The maximum atomic E-state index is 12.1. The Balaban J connectivity index is 1.74. The summed E-state index contributed by atoms with van der Waals surface area (Å²) < 4.78 is 0. The number of aryl methyl sites for hydroxylation is 1. The van der Waals surface area contributed by atoms with Crippen molar-refractivity contribution >= 4 is 17.2 Å². The van der Waals surface area contributed by atoms with E-state index >= 15 is 0 Å². The van der Waals surface area contributed by atoms with Gasteiger partial charge in [-0.05, 0) is 38.3 Å². The van der Waals surface area contributed by atoms with E-state index in [1.54, 1.807) is 16.2 Å². The van der Waals surface area contributed by atoms with Crippen molar-refractivity contribution in [1.29, 1.82) is 0 Å². The van der Waals surface area contributed by atoms with E-state index in [1.165, 1.54) is 11.3 Å². The van der Waals surface area contributed by atoms with E-state index in [2.05, 4.69) is 17.2 Å². The molecule has 19 heavy (non-hydrogen) atoms. The van der Waals surface area contributed by atoms with E-state index < -0.39 is 0 Å². The molecule has 4 nitrogen and oxygen atoms in total. The van der Waals surface area contributed by atoms with Gasteiger partial charge in [-0.2, -0.15) is 0 Å². The number of nitrogens with zero attached hydrogens (tertiary/aromatic N) is 2. The molecule has 1 atom stereocenters. The van der Waals surface area contributed by atoms with Crippen LogP contribution < -0.4 is 5.32 Å². The van der Waals surface area contributed by atoms with Crippen LogP contribution in [0.3, 0.4) is 0 Å². The molecular formula is C14H23N3OS. The van der Waals surface area contributed by atoms with Gasteiger partial charge in [0.25, 0.3) is 0 Å². The van der Waals surface area contributed by atoms with Crippen molar-refractivity contribution in [2.24, 2.45) is 5.92 Å². The van der Waals surface area contributed by atoms with Crippen LogP contribution in [-0.2, 0) is 17.8 Å². The van der Waals surface area contributed by atoms with Crippen LogP contribution in [0.5, 0.6) is 0 Å². The number of thiazole rings is 1. The van der Waals surface area contributed by atoms with Crippen molar-refractivity contribution in [3.05, 3.63) is 16.1 Å². The maximum absolute atomic E-state index is 12.1. The first-order valence-corrected chi connectivity index (χ1v) is 7.89. The van der Waals surface area contributed by atoms with E-state index in [-0.39, 0.29) is 5.91 Å². The first kappa shape index (κ1) is 14.5. The van der Waals surface area contributed by atoms with Crippen molar-refractivity contribution in [3.63, 3.8) is 0 Å². The average molecular weight is 281 g/mol. The smallest absolute Gasteiger partial charge is 0.222 e. The van der Waals surface area contributed by atoms with Crippen molar-refractivity contribution in [2.75, 3.05) is 20.1 Å². The Hall–Kier alpha value is -0.940. The Morgan fingerprint density at radius 3 is 3.11 bits per heavy atom. The molecule has 1 aromatic rings. The summed E-state index contributed by atoms with van der Waals surface area (Å²) in [6.07, 6.45) is 5.82. The molecule has 106 valence electrons. The molecule has 1 aliphatic heterocycles. The highest BCUT2D eigenvalue weighted by atomic mass is 32.1. The molecule has 0 aromatic carbocycles. The van der Waals surface area contributed by atoms with Crippen molar-refractivity contribution in [1.82, 2.24) is 15.2 Å². The molecule has 1 aliphatic rings. The van der Waals surface area contributed by atoms with Crippen LogP contribution in [0, 0.1) is 5.92 Å². The Morgan fingerprint density at radius 1 is 1.63 bits per heavy atom. The Bertz CT molecular complexity index is 413. The molecule has 0 aliphatic carbocycles. The fraction of sp³-hybridized carbons (Fsp3) is 0.714.